The van der Waals surface area contributed by atoms with Crippen LogP contribution in [0.15, 0.2) is 12.1 Å². The number of rotatable bonds is 4. The number of nitrogens with one attached hydrogen (secondary N) is 2. The number of carbonyl (C=O) groups excluding carboxylic acids is 1. The maximum absolute atomic E-state index is 13.5. The highest BCUT2D eigenvalue weighted by molar-refractivity contribution is 6.35. The van der Waals surface area contributed by atoms with Gasteiger partial charge in [0.15, 0.2) is 0 Å². The lowest BCUT2D eigenvalue weighted by atomic mass is 10.1. The summed E-state index contributed by atoms with van der Waals surface area (Å²) < 4.78 is 13.5. The van der Waals surface area contributed by atoms with E-state index in [0.29, 0.717) is 17.0 Å². The molecular weight excluding hydrogens is 302 g/mol. The molecule has 1 amide bonds. The van der Waals surface area contributed by atoms with Crippen LogP contribution < -0.4 is 10.6 Å². The highest BCUT2D eigenvalue weighted by atomic mass is 35.5. The Bertz CT molecular complexity index is 504. The van der Waals surface area contributed by atoms with Gasteiger partial charge < -0.3 is 10.6 Å². The van der Waals surface area contributed by atoms with E-state index >= 15 is 0 Å². The van der Waals surface area contributed by atoms with Crippen molar-refractivity contribution in [2.24, 2.45) is 0 Å². The summed E-state index contributed by atoms with van der Waals surface area (Å²) in [5.74, 6) is -0.604. The van der Waals surface area contributed by atoms with E-state index in [1.165, 1.54) is 12.1 Å². The zero-order chi connectivity index (χ0) is 14.7. The fourth-order valence-electron chi connectivity index (χ4n) is 2.40. The zero-order valence-electron chi connectivity index (χ0n) is 11.2. The summed E-state index contributed by atoms with van der Waals surface area (Å²) in [6, 6.07) is 2.50. The van der Waals surface area contributed by atoms with Crippen LogP contribution in [0.25, 0.3) is 0 Å². The first kappa shape index (κ1) is 15.5. The third-order valence-electron chi connectivity index (χ3n) is 3.48. The molecule has 0 bridgehead atoms. The Labute approximate surface area is 127 Å². The summed E-state index contributed by atoms with van der Waals surface area (Å²) in [5, 5.41) is 6.43. The fraction of sp³-hybridized carbons (Fsp3) is 0.500. The Hall–Kier alpha value is -0.840. The van der Waals surface area contributed by atoms with Gasteiger partial charge in [0.2, 0.25) is 5.91 Å². The molecule has 1 aliphatic heterocycles. The van der Waals surface area contributed by atoms with E-state index in [4.69, 9.17) is 23.2 Å². The quantitative estimate of drug-likeness (QED) is 0.835. The minimum Gasteiger partial charge on any atom is -0.349 e. The summed E-state index contributed by atoms with van der Waals surface area (Å²) in [4.78, 5) is 11.9. The smallest absolute Gasteiger partial charge is 0.222 e. The molecule has 20 heavy (non-hydrogen) atoms. The van der Waals surface area contributed by atoms with E-state index in [0.717, 1.165) is 19.4 Å². The van der Waals surface area contributed by atoms with Crippen molar-refractivity contribution < 1.29 is 9.18 Å². The van der Waals surface area contributed by atoms with Crippen molar-refractivity contribution >= 4 is 29.1 Å². The van der Waals surface area contributed by atoms with Crippen LogP contribution in [-0.4, -0.2) is 18.5 Å². The summed E-state index contributed by atoms with van der Waals surface area (Å²) >= 11 is 11.7. The van der Waals surface area contributed by atoms with Crippen molar-refractivity contribution in [3.05, 3.63) is 33.6 Å². The van der Waals surface area contributed by atoms with E-state index in [1.54, 1.807) is 6.92 Å². The van der Waals surface area contributed by atoms with Crippen LogP contribution in [0.4, 0.5) is 4.39 Å². The van der Waals surface area contributed by atoms with Gasteiger partial charge in [-0.25, -0.2) is 4.39 Å². The second kappa shape index (κ2) is 6.74. The third-order valence-corrected chi connectivity index (χ3v) is 4.09. The number of carbonyl (C=O) groups is 1. The van der Waals surface area contributed by atoms with Gasteiger partial charge in [0.25, 0.3) is 0 Å². The molecule has 3 nitrogen and oxygen atoms in total. The first-order valence-electron chi connectivity index (χ1n) is 6.64. The molecule has 2 N–H and O–H groups in total. The molecule has 0 spiro atoms. The number of halogens is 3. The van der Waals surface area contributed by atoms with Crippen LogP contribution >= 0.6 is 23.2 Å². The Morgan fingerprint density at radius 3 is 2.90 bits per heavy atom. The van der Waals surface area contributed by atoms with Gasteiger partial charge in [-0.15, -0.1) is 0 Å². The second-order valence-electron chi connectivity index (χ2n) is 5.07. The van der Waals surface area contributed by atoms with Crippen LogP contribution in [0.2, 0.25) is 10.0 Å². The van der Waals surface area contributed by atoms with Gasteiger partial charge in [-0.05, 0) is 44.0 Å². The zero-order valence-corrected chi connectivity index (χ0v) is 12.7. The molecule has 1 saturated heterocycles. The van der Waals surface area contributed by atoms with Crippen LogP contribution in [0, 0.1) is 5.82 Å². The van der Waals surface area contributed by atoms with Gasteiger partial charge in [0.1, 0.15) is 5.82 Å². The molecule has 2 atom stereocenters. The monoisotopic (exact) mass is 318 g/mol. The Morgan fingerprint density at radius 1 is 1.50 bits per heavy atom. The lowest BCUT2D eigenvalue weighted by Gasteiger charge is -2.18. The number of amides is 1. The van der Waals surface area contributed by atoms with Crippen molar-refractivity contribution in [2.75, 3.05) is 6.54 Å². The van der Waals surface area contributed by atoms with E-state index in [9.17, 15) is 9.18 Å². The van der Waals surface area contributed by atoms with E-state index in [-0.39, 0.29) is 23.0 Å². The van der Waals surface area contributed by atoms with Crippen molar-refractivity contribution in [3.63, 3.8) is 0 Å². The Morgan fingerprint density at radius 2 is 2.25 bits per heavy atom. The molecule has 1 aromatic rings. The van der Waals surface area contributed by atoms with Gasteiger partial charge in [-0.2, -0.15) is 0 Å². The average Bonchev–Trinajstić information content (AvgIpc) is 2.86. The van der Waals surface area contributed by atoms with Gasteiger partial charge in [-0.1, -0.05) is 23.2 Å². The predicted octanol–water partition coefficient (Wildman–Crippen LogP) is 3.45. The first-order valence-corrected chi connectivity index (χ1v) is 7.40. The first-order chi connectivity index (χ1) is 9.47. The van der Waals surface area contributed by atoms with Crippen molar-refractivity contribution in [1.82, 2.24) is 10.6 Å². The second-order valence-corrected chi connectivity index (χ2v) is 5.89. The highest BCUT2D eigenvalue weighted by Gasteiger charge is 2.20. The van der Waals surface area contributed by atoms with E-state index in [2.05, 4.69) is 10.6 Å². The molecule has 1 aromatic carbocycles. The maximum atomic E-state index is 13.5. The average molecular weight is 319 g/mol. The molecule has 2 rings (SSSR count). The fourth-order valence-corrected chi connectivity index (χ4v) is 2.95. The van der Waals surface area contributed by atoms with Gasteiger partial charge >= 0.3 is 0 Å². The molecule has 1 heterocycles. The minimum absolute atomic E-state index is 0.0209. The third kappa shape index (κ3) is 3.84. The minimum atomic E-state index is -0.537. The lowest BCUT2D eigenvalue weighted by molar-refractivity contribution is -0.122. The summed E-state index contributed by atoms with van der Waals surface area (Å²) in [6.07, 6.45) is 2.54. The van der Waals surface area contributed by atoms with Crippen LogP contribution in [0.1, 0.15) is 37.8 Å². The Balaban J connectivity index is 1.98. The van der Waals surface area contributed by atoms with Crippen molar-refractivity contribution in [2.45, 2.75) is 38.3 Å². The highest BCUT2D eigenvalue weighted by Crippen LogP contribution is 2.28. The molecule has 110 valence electrons. The number of hydrogen-bond acceptors (Lipinski definition) is 2. The van der Waals surface area contributed by atoms with Gasteiger partial charge in [0, 0.05) is 17.5 Å². The van der Waals surface area contributed by atoms with Crippen LogP contribution in [0.3, 0.4) is 0 Å². The van der Waals surface area contributed by atoms with E-state index < -0.39 is 5.82 Å². The number of hydrogen-bond donors (Lipinski definition) is 2. The predicted molar refractivity (Wildman–Crippen MR) is 78.6 cm³/mol. The molecule has 0 radical (unpaired) electrons. The molecule has 2 unspecified atom stereocenters. The van der Waals surface area contributed by atoms with Crippen LogP contribution in [-0.2, 0) is 4.79 Å². The number of benzene rings is 1. The molecule has 0 saturated carbocycles. The molecular formula is C14H17Cl2FN2O. The maximum Gasteiger partial charge on any atom is 0.222 e. The molecule has 1 fully saturated rings. The summed E-state index contributed by atoms with van der Waals surface area (Å²) in [6.45, 7) is 2.73. The Kier molecular flexibility index (Phi) is 5.24. The van der Waals surface area contributed by atoms with Crippen molar-refractivity contribution in [1.29, 1.82) is 0 Å². The standard InChI is InChI=1S/C14H17Cl2FN2O/c1-8(10-6-13(17)12(16)7-11(10)15)19-14(20)5-9-3-2-4-18-9/h6-9,18H,2-5H2,1H3,(H,19,20). The molecule has 1 aliphatic rings. The van der Waals surface area contributed by atoms with Crippen molar-refractivity contribution in [3.8, 4) is 0 Å². The SMILES string of the molecule is CC(NC(=O)CC1CCCN1)c1cc(F)c(Cl)cc1Cl. The normalized spacial score (nSPS) is 19.9. The molecule has 6 heteroatoms. The van der Waals surface area contributed by atoms with E-state index in [1.807, 2.05) is 0 Å². The van der Waals surface area contributed by atoms with Gasteiger partial charge in [0.05, 0.1) is 11.1 Å². The van der Waals surface area contributed by atoms with Gasteiger partial charge in [-0.3, -0.25) is 4.79 Å². The summed E-state index contributed by atoms with van der Waals surface area (Å²) in [5.41, 5.74) is 0.529. The molecule has 0 aromatic heterocycles. The summed E-state index contributed by atoms with van der Waals surface area (Å²) in [7, 11) is 0. The lowest BCUT2D eigenvalue weighted by Crippen LogP contribution is -2.33. The largest absolute Gasteiger partial charge is 0.349 e. The topological polar surface area (TPSA) is 41.1 Å². The van der Waals surface area contributed by atoms with Crippen LogP contribution in [0.5, 0.6) is 0 Å². The molecule has 0 aliphatic carbocycles.